The summed E-state index contributed by atoms with van der Waals surface area (Å²) < 4.78 is 6.09. The second-order valence-electron chi connectivity index (χ2n) is 8.74. The lowest BCUT2D eigenvalue weighted by atomic mass is 9.68. The maximum atomic E-state index is 13.6. The molecule has 1 amide bonds. The van der Waals surface area contributed by atoms with Gasteiger partial charge in [0.25, 0.3) is 0 Å². The minimum atomic E-state index is -0.431. The number of carbonyl (C=O) groups excluding carboxylic acids is 1. The van der Waals surface area contributed by atoms with Gasteiger partial charge in [-0.25, -0.2) is 0 Å². The highest BCUT2D eigenvalue weighted by molar-refractivity contribution is 5.99. The number of amides is 1. The summed E-state index contributed by atoms with van der Waals surface area (Å²) in [5, 5.41) is 3.25. The van der Waals surface area contributed by atoms with Crippen LogP contribution in [0.3, 0.4) is 0 Å². The van der Waals surface area contributed by atoms with E-state index in [1.807, 2.05) is 12.1 Å². The Hall–Kier alpha value is -2.29. The molecule has 0 radical (unpaired) electrons. The van der Waals surface area contributed by atoms with E-state index in [4.69, 9.17) is 4.74 Å². The van der Waals surface area contributed by atoms with Crippen LogP contribution in [0.5, 0.6) is 5.75 Å². The molecule has 1 aliphatic carbocycles. The van der Waals surface area contributed by atoms with Crippen molar-refractivity contribution in [2.75, 3.05) is 5.32 Å². The fourth-order valence-corrected chi connectivity index (χ4v) is 4.42. The molecule has 1 saturated carbocycles. The summed E-state index contributed by atoms with van der Waals surface area (Å²) in [7, 11) is 0. The van der Waals surface area contributed by atoms with E-state index >= 15 is 0 Å². The van der Waals surface area contributed by atoms with Gasteiger partial charge >= 0.3 is 0 Å². The van der Waals surface area contributed by atoms with Crippen molar-refractivity contribution in [3.05, 3.63) is 58.7 Å². The number of aryl methyl sites for hydroxylation is 3. The van der Waals surface area contributed by atoms with Crippen molar-refractivity contribution in [2.24, 2.45) is 0 Å². The van der Waals surface area contributed by atoms with Crippen molar-refractivity contribution < 1.29 is 9.53 Å². The summed E-state index contributed by atoms with van der Waals surface area (Å²) in [6.45, 7) is 10.4. The van der Waals surface area contributed by atoms with Crippen LogP contribution < -0.4 is 10.1 Å². The zero-order valence-electron chi connectivity index (χ0n) is 18.6. The number of carbonyl (C=O) groups is 1. The van der Waals surface area contributed by atoms with Crippen molar-refractivity contribution in [3.8, 4) is 5.75 Å². The van der Waals surface area contributed by atoms with Crippen molar-refractivity contribution in [1.29, 1.82) is 0 Å². The fourth-order valence-electron chi connectivity index (χ4n) is 4.42. The largest absolute Gasteiger partial charge is 0.490 e. The van der Waals surface area contributed by atoms with Crippen molar-refractivity contribution >= 4 is 11.6 Å². The van der Waals surface area contributed by atoms with Crippen LogP contribution in [0.15, 0.2) is 36.4 Å². The first-order valence-corrected chi connectivity index (χ1v) is 11.0. The van der Waals surface area contributed by atoms with Gasteiger partial charge in [-0.05, 0) is 75.8 Å². The molecule has 0 aromatic heterocycles. The van der Waals surface area contributed by atoms with Crippen LogP contribution in [0, 0.1) is 20.8 Å². The fraction of sp³-hybridized carbons (Fsp3) is 0.500. The first-order valence-electron chi connectivity index (χ1n) is 11.0. The Balaban J connectivity index is 1.87. The molecule has 1 unspecified atom stereocenters. The highest BCUT2D eigenvalue weighted by Crippen LogP contribution is 2.41. The Morgan fingerprint density at radius 2 is 1.62 bits per heavy atom. The molecule has 3 rings (SSSR count). The Labute approximate surface area is 175 Å². The predicted molar refractivity (Wildman–Crippen MR) is 121 cm³/mol. The van der Waals surface area contributed by atoms with E-state index < -0.39 is 5.41 Å². The van der Waals surface area contributed by atoms with Crippen molar-refractivity contribution in [1.82, 2.24) is 0 Å². The number of rotatable bonds is 6. The smallest absolute Gasteiger partial charge is 0.235 e. The molecule has 1 N–H and O–H groups in total. The lowest BCUT2D eigenvalue weighted by Gasteiger charge is -2.36. The van der Waals surface area contributed by atoms with Crippen LogP contribution in [0.25, 0.3) is 0 Å². The molecule has 3 nitrogen and oxygen atoms in total. The maximum absolute atomic E-state index is 13.6. The van der Waals surface area contributed by atoms with E-state index in [1.165, 1.54) is 12.0 Å². The first-order chi connectivity index (χ1) is 13.9. The average Bonchev–Trinajstić information content (AvgIpc) is 2.71. The summed E-state index contributed by atoms with van der Waals surface area (Å²) in [6.07, 6.45) is 6.38. The van der Waals surface area contributed by atoms with Crippen molar-refractivity contribution in [3.63, 3.8) is 0 Å². The molecule has 3 heteroatoms. The molecule has 0 bridgehead atoms. The second kappa shape index (κ2) is 9.02. The molecule has 2 aromatic carbocycles. The lowest BCUT2D eigenvalue weighted by molar-refractivity contribution is -0.122. The van der Waals surface area contributed by atoms with E-state index in [0.717, 1.165) is 60.2 Å². The van der Waals surface area contributed by atoms with Gasteiger partial charge in [0.05, 0.1) is 11.5 Å². The number of hydrogen-bond acceptors (Lipinski definition) is 2. The topological polar surface area (TPSA) is 38.3 Å². The Bertz CT molecular complexity index is 825. The molecule has 1 aliphatic rings. The van der Waals surface area contributed by atoms with Crippen LogP contribution in [0.2, 0.25) is 0 Å². The third-order valence-electron chi connectivity index (χ3n) is 6.36. The van der Waals surface area contributed by atoms with Crippen LogP contribution in [-0.2, 0) is 10.2 Å². The Morgan fingerprint density at radius 1 is 1.03 bits per heavy atom. The van der Waals surface area contributed by atoms with Crippen LogP contribution in [-0.4, -0.2) is 12.0 Å². The van der Waals surface area contributed by atoms with Gasteiger partial charge in [0, 0.05) is 5.69 Å². The van der Waals surface area contributed by atoms with E-state index in [9.17, 15) is 4.79 Å². The molecule has 156 valence electrons. The van der Waals surface area contributed by atoms with E-state index in [2.05, 4.69) is 64.2 Å². The maximum Gasteiger partial charge on any atom is 0.235 e. The second-order valence-corrected chi connectivity index (χ2v) is 8.74. The molecule has 0 heterocycles. The summed E-state index contributed by atoms with van der Waals surface area (Å²) in [5.74, 6) is 1.05. The zero-order chi connectivity index (χ0) is 21.0. The Kier molecular flexibility index (Phi) is 6.66. The molecule has 0 saturated heterocycles. The van der Waals surface area contributed by atoms with Crippen LogP contribution >= 0.6 is 0 Å². The third-order valence-corrected chi connectivity index (χ3v) is 6.36. The quantitative estimate of drug-likeness (QED) is 0.598. The summed E-state index contributed by atoms with van der Waals surface area (Å²) in [5.41, 5.74) is 4.93. The lowest BCUT2D eigenvalue weighted by Crippen LogP contribution is -2.42. The zero-order valence-corrected chi connectivity index (χ0v) is 18.6. The number of anilines is 1. The Morgan fingerprint density at radius 3 is 2.17 bits per heavy atom. The van der Waals surface area contributed by atoms with Gasteiger partial charge in [-0.2, -0.15) is 0 Å². The average molecular weight is 394 g/mol. The third kappa shape index (κ3) is 4.66. The summed E-state index contributed by atoms with van der Waals surface area (Å²) in [6, 6.07) is 12.6. The molecule has 29 heavy (non-hydrogen) atoms. The van der Waals surface area contributed by atoms with E-state index in [0.29, 0.717) is 0 Å². The minimum absolute atomic E-state index is 0.121. The van der Waals surface area contributed by atoms with Gasteiger partial charge in [0.2, 0.25) is 5.91 Å². The van der Waals surface area contributed by atoms with Gasteiger partial charge < -0.3 is 10.1 Å². The van der Waals surface area contributed by atoms with Gasteiger partial charge in [0.1, 0.15) is 5.75 Å². The summed E-state index contributed by atoms with van der Waals surface area (Å²) >= 11 is 0. The predicted octanol–water partition coefficient (Wildman–Crippen LogP) is 6.63. The standard InChI is InChI=1S/C26H35NO2/c1-6-21(5)29-24-19(3)16-23(17-20(24)4)27-25(28)26(14-8-7-9-15-26)22-12-10-18(2)11-13-22/h10-13,16-17,21H,6-9,14-15H2,1-5H3,(H,27,28). The molecule has 2 aromatic rings. The molecule has 1 fully saturated rings. The van der Waals surface area contributed by atoms with Gasteiger partial charge in [-0.3, -0.25) is 4.79 Å². The number of ether oxygens (including phenoxy) is 1. The van der Waals surface area contributed by atoms with Crippen molar-refractivity contribution in [2.45, 2.75) is 84.7 Å². The molecule has 0 aliphatic heterocycles. The minimum Gasteiger partial charge on any atom is -0.490 e. The van der Waals surface area contributed by atoms with Gasteiger partial charge in [-0.15, -0.1) is 0 Å². The van der Waals surface area contributed by atoms with E-state index in [1.54, 1.807) is 0 Å². The highest BCUT2D eigenvalue weighted by atomic mass is 16.5. The van der Waals surface area contributed by atoms with Crippen LogP contribution in [0.4, 0.5) is 5.69 Å². The van der Waals surface area contributed by atoms with Gasteiger partial charge in [0.15, 0.2) is 0 Å². The number of nitrogens with one attached hydrogen (secondary N) is 1. The van der Waals surface area contributed by atoms with Gasteiger partial charge in [-0.1, -0.05) is 56.0 Å². The highest BCUT2D eigenvalue weighted by Gasteiger charge is 2.41. The first kappa shape index (κ1) is 21.4. The molecular weight excluding hydrogens is 358 g/mol. The van der Waals surface area contributed by atoms with Crippen LogP contribution in [0.1, 0.15) is 74.6 Å². The normalized spacial score (nSPS) is 16.9. The molecule has 0 spiro atoms. The molecule has 1 atom stereocenters. The monoisotopic (exact) mass is 393 g/mol. The van der Waals surface area contributed by atoms with E-state index in [-0.39, 0.29) is 12.0 Å². The molecular formula is C26H35NO2. The number of benzene rings is 2. The summed E-state index contributed by atoms with van der Waals surface area (Å²) in [4.78, 5) is 13.6. The number of hydrogen-bond donors (Lipinski definition) is 1. The SMILES string of the molecule is CCC(C)Oc1c(C)cc(NC(=O)C2(c3ccc(C)cc3)CCCCC2)cc1C.